The zero-order valence-corrected chi connectivity index (χ0v) is 10.2. The zero-order valence-electron chi connectivity index (χ0n) is 10.2. The van der Waals surface area contributed by atoms with Crippen molar-refractivity contribution in [2.75, 3.05) is 20.1 Å². The van der Waals surface area contributed by atoms with Gasteiger partial charge in [-0.05, 0) is 43.5 Å². The van der Waals surface area contributed by atoms with Crippen LogP contribution in [0.3, 0.4) is 0 Å². The van der Waals surface area contributed by atoms with Gasteiger partial charge in [0.25, 0.3) is 0 Å². The standard InChI is InChI=1S/C14H19FN2/c1-16-10-7-8-17(9-10)14-6-5-11-12(14)3-2-4-13(11)15/h2-4,10,14,16H,5-9H2,1H3. The minimum absolute atomic E-state index is 0.0191. The van der Waals surface area contributed by atoms with Gasteiger partial charge in [-0.1, -0.05) is 12.1 Å². The smallest absolute Gasteiger partial charge is 0.126 e. The summed E-state index contributed by atoms with van der Waals surface area (Å²) in [6, 6.07) is 6.58. The summed E-state index contributed by atoms with van der Waals surface area (Å²) in [5, 5.41) is 3.34. The van der Waals surface area contributed by atoms with Crippen LogP contribution in [0.2, 0.25) is 0 Å². The molecule has 1 fully saturated rings. The lowest BCUT2D eigenvalue weighted by atomic mass is 10.1. The Bertz CT molecular complexity index is 419. The number of likely N-dealkylation sites (tertiary alicyclic amines) is 1. The molecule has 2 nitrogen and oxygen atoms in total. The van der Waals surface area contributed by atoms with Crippen LogP contribution >= 0.6 is 0 Å². The molecule has 2 aliphatic rings. The number of halogens is 1. The van der Waals surface area contributed by atoms with Crippen molar-refractivity contribution in [2.45, 2.75) is 31.3 Å². The lowest BCUT2D eigenvalue weighted by molar-refractivity contribution is 0.240. The van der Waals surface area contributed by atoms with Crippen LogP contribution < -0.4 is 5.32 Å². The van der Waals surface area contributed by atoms with Gasteiger partial charge < -0.3 is 5.32 Å². The summed E-state index contributed by atoms with van der Waals surface area (Å²) in [6.45, 7) is 2.23. The van der Waals surface area contributed by atoms with Crippen molar-refractivity contribution in [3.8, 4) is 0 Å². The van der Waals surface area contributed by atoms with E-state index < -0.39 is 0 Å². The second-order valence-electron chi connectivity index (χ2n) is 5.13. The lowest BCUT2D eigenvalue weighted by Gasteiger charge is -2.24. The highest BCUT2D eigenvalue weighted by Gasteiger charge is 2.33. The summed E-state index contributed by atoms with van der Waals surface area (Å²) >= 11 is 0. The van der Waals surface area contributed by atoms with Gasteiger partial charge in [0.15, 0.2) is 0 Å². The third kappa shape index (κ3) is 1.87. The molecule has 3 heteroatoms. The maximum atomic E-state index is 13.7. The molecule has 1 heterocycles. The first-order chi connectivity index (χ1) is 8.29. The molecule has 1 aromatic carbocycles. The fourth-order valence-electron chi connectivity index (χ4n) is 3.27. The second-order valence-corrected chi connectivity index (χ2v) is 5.13. The Kier molecular flexibility index (Phi) is 2.89. The van der Waals surface area contributed by atoms with E-state index >= 15 is 0 Å². The van der Waals surface area contributed by atoms with Crippen LogP contribution in [0, 0.1) is 5.82 Å². The molecule has 1 aliphatic heterocycles. The zero-order chi connectivity index (χ0) is 11.8. The van der Waals surface area contributed by atoms with Crippen molar-refractivity contribution in [3.05, 3.63) is 35.1 Å². The van der Waals surface area contributed by atoms with Crippen LogP contribution in [0.1, 0.15) is 30.0 Å². The Hall–Kier alpha value is -0.930. The fourth-order valence-corrected chi connectivity index (χ4v) is 3.27. The Morgan fingerprint density at radius 1 is 1.35 bits per heavy atom. The minimum atomic E-state index is -0.0191. The number of fused-ring (bicyclic) bond motifs is 1. The van der Waals surface area contributed by atoms with Gasteiger partial charge in [-0.15, -0.1) is 0 Å². The fraction of sp³-hybridized carbons (Fsp3) is 0.571. The molecular weight excluding hydrogens is 215 g/mol. The lowest BCUT2D eigenvalue weighted by Crippen LogP contribution is -2.31. The molecule has 17 heavy (non-hydrogen) atoms. The highest BCUT2D eigenvalue weighted by atomic mass is 19.1. The van der Waals surface area contributed by atoms with Crippen LogP contribution in [0.4, 0.5) is 4.39 Å². The Labute approximate surface area is 102 Å². The van der Waals surface area contributed by atoms with E-state index in [2.05, 4.69) is 16.3 Å². The predicted octanol–water partition coefficient (Wildman–Crippen LogP) is 2.11. The van der Waals surface area contributed by atoms with E-state index in [9.17, 15) is 4.39 Å². The van der Waals surface area contributed by atoms with Crippen molar-refractivity contribution < 1.29 is 4.39 Å². The molecule has 1 aliphatic carbocycles. The monoisotopic (exact) mass is 234 g/mol. The van der Waals surface area contributed by atoms with Gasteiger partial charge in [0.05, 0.1) is 0 Å². The largest absolute Gasteiger partial charge is 0.316 e. The van der Waals surface area contributed by atoms with Gasteiger partial charge in [-0.2, -0.15) is 0 Å². The van der Waals surface area contributed by atoms with Crippen molar-refractivity contribution in [2.24, 2.45) is 0 Å². The number of nitrogens with one attached hydrogen (secondary N) is 1. The average molecular weight is 234 g/mol. The first-order valence-electron chi connectivity index (χ1n) is 6.48. The molecule has 1 saturated heterocycles. The van der Waals surface area contributed by atoms with Gasteiger partial charge in [0.1, 0.15) is 5.82 Å². The highest BCUT2D eigenvalue weighted by Crippen LogP contribution is 2.38. The van der Waals surface area contributed by atoms with Crippen LogP contribution in [-0.4, -0.2) is 31.1 Å². The molecule has 1 aromatic rings. The highest BCUT2D eigenvalue weighted by molar-refractivity contribution is 5.35. The Morgan fingerprint density at radius 3 is 3.00 bits per heavy atom. The van der Waals surface area contributed by atoms with Gasteiger partial charge in [-0.3, -0.25) is 4.90 Å². The maximum absolute atomic E-state index is 13.7. The van der Waals surface area contributed by atoms with E-state index in [1.54, 1.807) is 6.07 Å². The van der Waals surface area contributed by atoms with E-state index in [4.69, 9.17) is 0 Å². The molecule has 0 spiro atoms. The summed E-state index contributed by atoms with van der Waals surface area (Å²) in [7, 11) is 2.02. The van der Waals surface area contributed by atoms with Crippen molar-refractivity contribution in [1.29, 1.82) is 0 Å². The normalized spacial score (nSPS) is 28.6. The summed E-state index contributed by atoms with van der Waals surface area (Å²) in [5.74, 6) is -0.0191. The molecule has 0 aromatic heterocycles. The topological polar surface area (TPSA) is 15.3 Å². The average Bonchev–Trinajstić information content (AvgIpc) is 2.94. The predicted molar refractivity (Wildman–Crippen MR) is 66.5 cm³/mol. The molecule has 1 N–H and O–H groups in total. The van der Waals surface area contributed by atoms with Crippen LogP contribution in [0.25, 0.3) is 0 Å². The first kappa shape index (κ1) is 11.2. The molecule has 3 rings (SSSR count). The summed E-state index contributed by atoms with van der Waals surface area (Å²) in [5.41, 5.74) is 2.17. The van der Waals surface area contributed by atoms with E-state index in [1.165, 1.54) is 12.0 Å². The quantitative estimate of drug-likeness (QED) is 0.843. The van der Waals surface area contributed by atoms with E-state index in [1.807, 2.05) is 13.1 Å². The SMILES string of the molecule is CNC1CCN(C2CCc3c(F)cccc32)C1. The molecule has 0 saturated carbocycles. The van der Waals surface area contributed by atoms with Gasteiger partial charge in [0.2, 0.25) is 0 Å². The Morgan fingerprint density at radius 2 is 2.24 bits per heavy atom. The minimum Gasteiger partial charge on any atom is -0.316 e. The van der Waals surface area contributed by atoms with Crippen molar-refractivity contribution in [1.82, 2.24) is 10.2 Å². The Balaban J connectivity index is 1.82. The first-order valence-corrected chi connectivity index (χ1v) is 6.48. The second kappa shape index (κ2) is 4.39. The summed E-state index contributed by atoms with van der Waals surface area (Å²) in [6.07, 6.45) is 3.18. The van der Waals surface area contributed by atoms with Gasteiger partial charge in [0, 0.05) is 25.2 Å². The van der Waals surface area contributed by atoms with Crippen LogP contribution in [0.15, 0.2) is 18.2 Å². The van der Waals surface area contributed by atoms with Crippen molar-refractivity contribution in [3.63, 3.8) is 0 Å². The molecule has 0 radical (unpaired) electrons. The van der Waals surface area contributed by atoms with Crippen LogP contribution in [0.5, 0.6) is 0 Å². The molecule has 0 amide bonds. The van der Waals surface area contributed by atoms with E-state index in [0.717, 1.165) is 31.5 Å². The maximum Gasteiger partial charge on any atom is 0.126 e. The molecule has 2 unspecified atom stereocenters. The third-order valence-corrected chi connectivity index (χ3v) is 4.25. The number of hydrogen-bond donors (Lipinski definition) is 1. The van der Waals surface area contributed by atoms with Crippen molar-refractivity contribution >= 4 is 0 Å². The molecule has 0 bridgehead atoms. The third-order valence-electron chi connectivity index (χ3n) is 4.25. The van der Waals surface area contributed by atoms with Gasteiger partial charge in [-0.25, -0.2) is 4.39 Å². The molecule has 92 valence electrons. The summed E-state index contributed by atoms with van der Waals surface area (Å²) < 4.78 is 13.7. The number of rotatable bonds is 2. The molecule has 2 atom stereocenters. The van der Waals surface area contributed by atoms with Gasteiger partial charge >= 0.3 is 0 Å². The molecular formula is C14H19FN2. The number of benzene rings is 1. The number of likely N-dealkylation sites (N-methyl/N-ethyl adjacent to an activating group) is 1. The van der Waals surface area contributed by atoms with E-state index in [0.29, 0.717) is 12.1 Å². The number of nitrogens with zero attached hydrogens (tertiary/aromatic N) is 1. The number of hydrogen-bond acceptors (Lipinski definition) is 2. The summed E-state index contributed by atoms with van der Waals surface area (Å²) in [4.78, 5) is 2.51. The van der Waals surface area contributed by atoms with E-state index in [-0.39, 0.29) is 5.82 Å². The van der Waals surface area contributed by atoms with Crippen LogP contribution in [-0.2, 0) is 6.42 Å².